The number of rotatable bonds is 3. The molecule has 5 fully saturated rings. The summed E-state index contributed by atoms with van der Waals surface area (Å²) in [7, 11) is 0. The number of hydrogen-bond donors (Lipinski definition) is 0. The van der Waals surface area contributed by atoms with Crippen molar-refractivity contribution < 1.29 is 19.0 Å². The first-order chi connectivity index (χ1) is 18.6. The van der Waals surface area contributed by atoms with E-state index < -0.39 is 0 Å². The summed E-state index contributed by atoms with van der Waals surface area (Å²) in [5.41, 5.74) is 4.56. The lowest BCUT2D eigenvalue weighted by molar-refractivity contribution is -0.113. The molecule has 0 atom stereocenters. The lowest BCUT2D eigenvalue weighted by Gasteiger charge is -2.57. The van der Waals surface area contributed by atoms with Crippen LogP contribution in [-0.4, -0.2) is 54.1 Å². The van der Waals surface area contributed by atoms with E-state index in [2.05, 4.69) is 33.1 Å². The van der Waals surface area contributed by atoms with Crippen LogP contribution in [0.1, 0.15) is 49.7 Å². The molecule has 0 spiro atoms. The van der Waals surface area contributed by atoms with Gasteiger partial charge in [0.25, 0.3) is 5.91 Å². The lowest BCUT2D eigenvalue weighted by atomic mass is 9.48. The number of nitrogens with zero attached hydrogens (tertiary/aromatic N) is 3. The van der Waals surface area contributed by atoms with Crippen molar-refractivity contribution in [3.63, 3.8) is 0 Å². The normalized spacial score (nSPS) is 32.4. The molecule has 0 unspecified atom stereocenters. The molecule has 38 heavy (non-hydrogen) atoms. The number of morpholine rings is 1. The van der Waals surface area contributed by atoms with Crippen molar-refractivity contribution in [1.29, 1.82) is 0 Å². The fourth-order valence-corrected chi connectivity index (χ4v) is 9.11. The Morgan fingerprint density at radius 2 is 1.71 bits per heavy atom. The van der Waals surface area contributed by atoms with E-state index >= 15 is 0 Å². The second-order valence-corrected chi connectivity index (χ2v) is 12.9. The van der Waals surface area contributed by atoms with Crippen LogP contribution in [0.4, 0.5) is 0 Å². The molecule has 7 nitrogen and oxygen atoms in total. The van der Waals surface area contributed by atoms with Crippen molar-refractivity contribution in [2.45, 2.75) is 43.9 Å². The molecule has 7 aliphatic rings. The topological polar surface area (TPSA) is 73.3 Å². The number of ether oxygens (including phenoxy) is 3. The fourth-order valence-electron chi connectivity index (χ4n) is 8.15. The Balaban J connectivity index is 1.12. The van der Waals surface area contributed by atoms with Gasteiger partial charge in [0.2, 0.25) is 6.79 Å². The van der Waals surface area contributed by atoms with Crippen molar-refractivity contribution in [2.24, 2.45) is 22.7 Å². The number of amides is 1. The van der Waals surface area contributed by atoms with E-state index in [-0.39, 0.29) is 18.1 Å². The van der Waals surface area contributed by atoms with Gasteiger partial charge in [-0.3, -0.25) is 9.78 Å². The highest BCUT2D eigenvalue weighted by Crippen LogP contribution is 2.63. The third kappa shape index (κ3) is 3.87. The van der Waals surface area contributed by atoms with E-state index in [1.165, 1.54) is 55.9 Å². The van der Waals surface area contributed by atoms with Gasteiger partial charge in [-0.15, -0.1) is 0 Å². The average Bonchev–Trinajstić information content (AvgIpc) is 3.54. The van der Waals surface area contributed by atoms with Crippen molar-refractivity contribution in [3.05, 3.63) is 46.6 Å². The molecule has 4 aliphatic carbocycles. The Hall–Kier alpha value is -2.84. The number of thioether (sulfide) groups is 1. The number of pyridine rings is 1. The van der Waals surface area contributed by atoms with Crippen LogP contribution in [0.15, 0.2) is 40.5 Å². The molecule has 4 heterocycles. The molecule has 1 aromatic heterocycles. The van der Waals surface area contributed by atoms with Gasteiger partial charge >= 0.3 is 0 Å². The van der Waals surface area contributed by atoms with Gasteiger partial charge in [-0.25, -0.2) is 0 Å². The molecule has 1 saturated heterocycles. The molecule has 196 valence electrons. The van der Waals surface area contributed by atoms with Crippen LogP contribution < -0.4 is 9.47 Å². The summed E-state index contributed by atoms with van der Waals surface area (Å²) in [4.78, 5) is 24.3. The Morgan fingerprint density at radius 1 is 0.947 bits per heavy atom. The number of aliphatic imine (C=N–C) groups is 1. The van der Waals surface area contributed by atoms with Gasteiger partial charge in [0.15, 0.2) is 16.7 Å². The van der Waals surface area contributed by atoms with Gasteiger partial charge in [-0.05, 0) is 109 Å². The summed E-state index contributed by atoms with van der Waals surface area (Å²) in [6, 6.07) is 6.56. The Kier molecular flexibility index (Phi) is 5.37. The van der Waals surface area contributed by atoms with Crippen molar-refractivity contribution >= 4 is 28.9 Å². The van der Waals surface area contributed by atoms with Crippen LogP contribution in [0.2, 0.25) is 0 Å². The van der Waals surface area contributed by atoms with Gasteiger partial charge < -0.3 is 19.1 Å². The third-order valence-corrected chi connectivity index (χ3v) is 10.4. The first-order valence-electron chi connectivity index (χ1n) is 13.9. The SMILES string of the molecule is O=C1N=C(N2CCOCC2)SC1=Cc1cncc(-c2cc3c(c(C45CC6CC(CC(C6)C4)C5)c2)OCO3)c1. The van der Waals surface area contributed by atoms with Gasteiger partial charge in [0, 0.05) is 36.6 Å². The maximum atomic E-state index is 12.7. The van der Waals surface area contributed by atoms with Crippen molar-refractivity contribution in [3.8, 4) is 22.6 Å². The van der Waals surface area contributed by atoms with Gasteiger partial charge in [0.1, 0.15) is 0 Å². The number of carbonyl (C=O) groups is 1. The number of amidine groups is 1. The number of hydrogen-bond acceptors (Lipinski definition) is 7. The minimum absolute atomic E-state index is 0.186. The van der Waals surface area contributed by atoms with Crippen LogP contribution in [0, 0.1) is 17.8 Å². The highest BCUT2D eigenvalue weighted by atomic mass is 32.2. The van der Waals surface area contributed by atoms with Crippen molar-refractivity contribution in [1.82, 2.24) is 9.88 Å². The van der Waals surface area contributed by atoms with E-state index in [1.54, 1.807) is 0 Å². The summed E-state index contributed by atoms with van der Waals surface area (Å²) in [5.74, 6) is 4.18. The van der Waals surface area contributed by atoms with E-state index in [1.807, 2.05) is 18.5 Å². The second kappa shape index (κ2) is 8.85. The van der Waals surface area contributed by atoms with Crippen LogP contribution in [-0.2, 0) is 14.9 Å². The zero-order valence-corrected chi connectivity index (χ0v) is 22.2. The van der Waals surface area contributed by atoms with Crippen LogP contribution in [0.25, 0.3) is 17.2 Å². The zero-order valence-electron chi connectivity index (χ0n) is 21.4. The van der Waals surface area contributed by atoms with Gasteiger partial charge in [-0.2, -0.15) is 4.99 Å². The molecule has 0 N–H and O–H groups in total. The summed E-state index contributed by atoms with van der Waals surface area (Å²) < 4.78 is 17.5. The highest BCUT2D eigenvalue weighted by molar-refractivity contribution is 8.18. The van der Waals surface area contributed by atoms with Crippen LogP contribution >= 0.6 is 11.8 Å². The first-order valence-corrected chi connectivity index (χ1v) is 14.7. The molecular weight excluding hydrogens is 498 g/mol. The standard InChI is InChI=1S/C30H31N3O4S/c34-28-26(38-29(32-28)33-1-3-35-4-2-33)9-21-8-23(16-31-15-21)22-10-24(27-25(11-22)36-17-37-27)30-12-18-5-19(13-30)7-20(6-18)14-30/h8-11,15-16,18-20H,1-7,12-14,17H2. The second-order valence-electron chi connectivity index (χ2n) is 11.9. The molecule has 1 amide bonds. The predicted molar refractivity (Wildman–Crippen MR) is 146 cm³/mol. The summed E-state index contributed by atoms with van der Waals surface area (Å²) in [5, 5.41) is 0.768. The molecule has 1 aromatic carbocycles. The summed E-state index contributed by atoms with van der Waals surface area (Å²) in [6.45, 7) is 3.14. The average molecular weight is 530 g/mol. The summed E-state index contributed by atoms with van der Waals surface area (Å²) in [6.07, 6.45) is 13.7. The molecule has 2 aromatic rings. The molecule has 9 rings (SSSR count). The predicted octanol–water partition coefficient (Wildman–Crippen LogP) is 5.25. The minimum atomic E-state index is -0.186. The number of aromatic nitrogens is 1. The Morgan fingerprint density at radius 3 is 2.47 bits per heavy atom. The molecule has 4 bridgehead atoms. The van der Waals surface area contributed by atoms with Gasteiger partial charge in [-0.1, -0.05) is 0 Å². The Labute approximate surface area is 226 Å². The lowest BCUT2D eigenvalue weighted by Crippen LogP contribution is -2.48. The number of carbonyl (C=O) groups excluding carboxylic acids is 1. The summed E-state index contributed by atoms with van der Waals surface area (Å²) >= 11 is 1.44. The fraction of sp³-hybridized carbons (Fsp3) is 0.500. The molecule has 0 radical (unpaired) electrons. The van der Waals surface area contributed by atoms with Crippen molar-refractivity contribution in [2.75, 3.05) is 33.1 Å². The zero-order chi connectivity index (χ0) is 25.3. The van der Waals surface area contributed by atoms with Crippen LogP contribution in [0.5, 0.6) is 11.5 Å². The van der Waals surface area contributed by atoms with E-state index in [9.17, 15) is 4.79 Å². The third-order valence-electron chi connectivity index (χ3n) is 9.36. The monoisotopic (exact) mass is 529 g/mol. The smallest absolute Gasteiger partial charge is 0.286 e. The number of fused-ring (bicyclic) bond motifs is 1. The first kappa shape index (κ1) is 23.1. The van der Waals surface area contributed by atoms with Crippen LogP contribution in [0.3, 0.4) is 0 Å². The Bertz CT molecular complexity index is 1340. The van der Waals surface area contributed by atoms with E-state index in [0.29, 0.717) is 18.1 Å². The van der Waals surface area contributed by atoms with Gasteiger partial charge in [0.05, 0.1) is 18.1 Å². The molecule has 3 aliphatic heterocycles. The largest absolute Gasteiger partial charge is 0.454 e. The maximum absolute atomic E-state index is 12.7. The maximum Gasteiger partial charge on any atom is 0.286 e. The quantitative estimate of drug-likeness (QED) is 0.503. The molecular formula is C30H31N3O4S. The molecule has 4 saturated carbocycles. The molecule has 8 heteroatoms. The number of benzene rings is 1. The minimum Gasteiger partial charge on any atom is -0.454 e. The van der Waals surface area contributed by atoms with E-state index in [4.69, 9.17) is 14.2 Å². The highest BCUT2D eigenvalue weighted by Gasteiger charge is 2.53. The van der Waals surface area contributed by atoms with E-state index in [0.717, 1.165) is 64.2 Å².